The summed E-state index contributed by atoms with van der Waals surface area (Å²) in [7, 11) is 1.47. The molecular formula is C16H28O3. The van der Waals surface area contributed by atoms with Crippen LogP contribution >= 0.6 is 0 Å². The van der Waals surface area contributed by atoms with Gasteiger partial charge in [0, 0.05) is 0 Å². The molecule has 1 saturated heterocycles. The number of fused-ring (bicyclic) bond motifs is 1. The van der Waals surface area contributed by atoms with Gasteiger partial charge in [-0.15, -0.1) is 0 Å². The van der Waals surface area contributed by atoms with Gasteiger partial charge in [-0.25, -0.2) is 4.79 Å². The smallest absolute Gasteiger partial charge is 0.340 e. The summed E-state index contributed by atoms with van der Waals surface area (Å²) in [5.74, 6) is -0.149. The van der Waals surface area contributed by atoms with E-state index in [-0.39, 0.29) is 12.1 Å². The monoisotopic (exact) mass is 268 g/mol. The number of hydrogen-bond acceptors (Lipinski definition) is 3. The molecule has 0 aromatic carbocycles. The first-order valence-electron chi connectivity index (χ1n) is 8.06. The molecule has 0 aromatic heterocycles. The quantitative estimate of drug-likeness (QED) is 0.533. The molecule has 1 heterocycles. The van der Waals surface area contributed by atoms with Crippen LogP contribution in [0.1, 0.15) is 77.0 Å². The number of ether oxygens (including phenoxy) is 2. The lowest BCUT2D eigenvalue weighted by molar-refractivity contribution is -0.147. The van der Waals surface area contributed by atoms with Gasteiger partial charge in [0.1, 0.15) is 0 Å². The molecule has 0 spiro atoms. The molecular weight excluding hydrogens is 240 g/mol. The average Bonchev–Trinajstić information content (AvgIpc) is 3.13. The molecule has 1 aliphatic carbocycles. The average molecular weight is 268 g/mol. The fourth-order valence-corrected chi connectivity index (χ4v) is 3.32. The Morgan fingerprint density at radius 1 is 0.947 bits per heavy atom. The van der Waals surface area contributed by atoms with E-state index in [2.05, 4.69) is 0 Å². The van der Waals surface area contributed by atoms with Gasteiger partial charge < -0.3 is 9.47 Å². The Hall–Kier alpha value is -0.570. The minimum Gasteiger partial charge on any atom is -0.467 e. The van der Waals surface area contributed by atoms with Crippen LogP contribution in [0.2, 0.25) is 0 Å². The number of methoxy groups -OCH3 is 1. The van der Waals surface area contributed by atoms with E-state index in [1.807, 2.05) is 0 Å². The highest BCUT2D eigenvalue weighted by Gasteiger charge is 2.62. The molecule has 0 aromatic rings. The third kappa shape index (κ3) is 3.95. The summed E-state index contributed by atoms with van der Waals surface area (Å²) in [6, 6.07) is 0. The van der Waals surface area contributed by atoms with Crippen molar-refractivity contribution in [2.75, 3.05) is 7.11 Å². The van der Waals surface area contributed by atoms with Crippen molar-refractivity contribution in [1.29, 1.82) is 0 Å². The predicted molar refractivity (Wildman–Crippen MR) is 75.0 cm³/mol. The Morgan fingerprint density at radius 3 is 2.05 bits per heavy atom. The molecule has 2 fully saturated rings. The Bertz CT molecular complexity index is 290. The van der Waals surface area contributed by atoms with Crippen LogP contribution in [0.25, 0.3) is 0 Å². The van der Waals surface area contributed by atoms with Gasteiger partial charge in [0.25, 0.3) is 0 Å². The van der Waals surface area contributed by atoms with Crippen LogP contribution in [-0.4, -0.2) is 24.8 Å². The molecule has 1 aliphatic heterocycles. The van der Waals surface area contributed by atoms with Crippen LogP contribution < -0.4 is 0 Å². The van der Waals surface area contributed by atoms with Gasteiger partial charge in [0.05, 0.1) is 13.2 Å². The maximum Gasteiger partial charge on any atom is 0.340 e. The Kier molecular flexibility index (Phi) is 5.68. The molecule has 3 nitrogen and oxygen atoms in total. The van der Waals surface area contributed by atoms with E-state index in [1.54, 1.807) is 0 Å². The van der Waals surface area contributed by atoms with Crippen molar-refractivity contribution in [1.82, 2.24) is 0 Å². The van der Waals surface area contributed by atoms with E-state index >= 15 is 0 Å². The number of epoxide rings is 1. The number of rotatable bonds is 1. The van der Waals surface area contributed by atoms with E-state index in [4.69, 9.17) is 9.47 Å². The summed E-state index contributed by atoms with van der Waals surface area (Å²) in [5, 5.41) is 0. The van der Waals surface area contributed by atoms with Crippen molar-refractivity contribution in [2.24, 2.45) is 0 Å². The highest BCUT2D eigenvalue weighted by molar-refractivity contribution is 5.83. The zero-order valence-corrected chi connectivity index (χ0v) is 12.3. The summed E-state index contributed by atoms with van der Waals surface area (Å²) < 4.78 is 10.7. The first-order chi connectivity index (χ1) is 9.29. The normalized spacial score (nSPS) is 33.8. The lowest BCUT2D eigenvalue weighted by atomic mass is 9.93. The largest absolute Gasteiger partial charge is 0.467 e. The lowest BCUT2D eigenvalue weighted by Crippen LogP contribution is -2.29. The molecule has 110 valence electrons. The topological polar surface area (TPSA) is 38.8 Å². The van der Waals surface area contributed by atoms with Gasteiger partial charge in [-0.3, -0.25) is 0 Å². The molecule has 0 amide bonds. The molecule has 0 radical (unpaired) electrons. The number of hydrogen-bond donors (Lipinski definition) is 0. The van der Waals surface area contributed by atoms with Crippen molar-refractivity contribution in [3.63, 3.8) is 0 Å². The van der Waals surface area contributed by atoms with Crippen molar-refractivity contribution in [3.8, 4) is 0 Å². The van der Waals surface area contributed by atoms with Gasteiger partial charge in [-0.1, -0.05) is 57.8 Å². The van der Waals surface area contributed by atoms with Crippen molar-refractivity contribution in [2.45, 2.75) is 88.8 Å². The molecule has 1 saturated carbocycles. The minimum atomic E-state index is -0.571. The molecule has 0 N–H and O–H groups in total. The van der Waals surface area contributed by atoms with E-state index < -0.39 is 5.60 Å². The second-order valence-corrected chi connectivity index (χ2v) is 6.06. The van der Waals surface area contributed by atoms with Crippen LogP contribution in [0.3, 0.4) is 0 Å². The SMILES string of the molecule is COC(=O)C12CCCCCCCCCCCCC1O2. The van der Waals surface area contributed by atoms with Crippen LogP contribution in [0, 0.1) is 0 Å². The summed E-state index contributed by atoms with van der Waals surface area (Å²) >= 11 is 0. The number of esters is 1. The van der Waals surface area contributed by atoms with Gasteiger partial charge in [0.15, 0.2) is 5.60 Å². The summed E-state index contributed by atoms with van der Waals surface area (Å²) in [4.78, 5) is 11.9. The van der Waals surface area contributed by atoms with Gasteiger partial charge in [-0.2, -0.15) is 0 Å². The fraction of sp³-hybridized carbons (Fsp3) is 0.938. The van der Waals surface area contributed by atoms with Crippen LogP contribution in [0.15, 0.2) is 0 Å². The third-order valence-corrected chi connectivity index (χ3v) is 4.61. The van der Waals surface area contributed by atoms with Crippen LogP contribution in [-0.2, 0) is 14.3 Å². The first-order valence-corrected chi connectivity index (χ1v) is 8.06. The van der Waals surface area contributed by atoms with E-state index in [0.29, 0.717) is 0 Å². The molecule has 2 unspecified atom stereocenters. The Balaban J connectivity index is 1.85. The standard InChI is InChI=1S/C16H28O3/c1-18-15(17)16-13-11-9-7-5-3-2-4-6-8-10-12-14(16)19-16/h14H,2-13H2,1H3. The van der Waals surface area contributed by atoms with E-state index in [1.165, 1.54) is 64.9 Å². The zero-order chi connectivity index (χ0) is 13.6. The molecule has 2 atom stereocenters. The maximum atomic E-state index is 11.9. The van der Waals surface area contributed by atoms with Crippen molar-refractivity contribution < 1.29 is 14.3 Å². The molecule has 19 heavy (non-hydrogen) atoms. The maximum absolute atomic E-state index is 11.9. The van der Waals surface area contributed by atoms with Crippen LogP contribution in [0.5, 0.6) is 0 Å². The first kappa shape index (κ1) is 14.8. The third-order valence-electron chi connectivity index (χ3n) is 4.61. The minimum absolute atomic E-state index is 0.128. The Morgan fingerprint density at radius 2 is 1.47 bits per heavy atom. The second kappa shape index (κ2) is 7.28. The number of carbonyl (C=O) groups is 1. The highest BCUT2D eigenvalue weighted by Crippen LogP contribution is 2.45. The van der Waals surface area contributed by atoms with Gasteiger partial charge in [0.2, 0.25) is 0 Å². The molecule has 3 heteroatoms. The molecule has 2 rings (SSSR count). The number of carbonyl (C=O) groups excluding carboxylic acids is 1. The van der Waals surface area contributed by atoms with Gasteiger partial charge >= 0.3 is 5.97 Å². The van der Waals surface area contributed by atoms with Crippen molar-refractivity contribution >= 4 is 5.97 Å². The summed E-state index contributed by atoms with van der Waals surface area (Å²) in [6.07, 6.45) is 14.9. The van der Waals surface area contributed by atoms with E-state index in [9.17, 15) is 4.79 Å². The summed E-state index contributed by atoms with van der Waals surface area (Å²) in [5.41, 5.74) is -0.571. The van der Waals surface area contributed by atoms with E-state index in [0.717, 1.165) is 19.3 Å². The molecule has 0 bridgehead atoms. The lowest BCUT2D eigenvalue weighted by Gasteiger charge is -2.11. The summed E-state index contributed by atoms with van der Waals surface area (Å²) in [6.45, 7) is 0. The van der Waals surface area contributed by atoms with Crippen molar-refractivity contribution in [3.05, 3.63) is 0 Å². The second-order valence-electron chi connectivity index (χ2n) is 6.06. The molecule has 2 aliphatic rings. The predicted octanol–water partition coefficient (Wildman–Crippen LogP) is 3.99. The Labute approximate surface area is 117 Å². The van der Waals surface area contributed by atoms with Crippen LogP contribution in [0.4, 0.5) is 0 Å². The fourth-order valence-electron chi connectivity index (χ4n) is 3.32. The van der Waals surface area contributed by atoms with Gasteiger partial charge in [-0.05, 0) is 19.3 Å². The zero-order valence-electron chi connectivity index (χ0n) is 12.3. The highest BCUT2D eigenvalue weighted by atomic mass is 16.7.